The van der Waals surface area contributed by atoms with Crippen molar-refractivity contribution in [2.24, 2.45) is 13.0 Å². The van der Waals surface area contributed by atoms with E-state index in [0.29, 0.717) is 11.5 Å². The highest BCUT2D eigenvalue weighted by Gasteiger charge is 2.34. The lowest BCUT2D eigenvalue weighted by molar-refractivity contribution is 0.152. The molecule has 1 aromatic heterocycles. The number of alkyl halides is 2. The maximum Gasteiger partial charge on any atom is 0.264 e. The second-order valence-electron chi connectivity index (χ2n) is 9.37. The molecule has 0 amide bonds. The van der Waals surface area contributed by atoms with Crippen LogP contribution < -0.4 is 4.90 Å². The predicted molar refractivity (Wildman–Crippen MR) is 124 cm³/mol. The highest BCUT2D eigenvalue weighted by Crippen LogP contribution is 2.42. The second-order valence-corrected chi connectivity index (χ2v) is 9.37. The molecule has 3 aliphatic rings. The summed E-state index contributed by atoms with van der Waals surface area (Å²) in [6.07, 6.45) is 7.57. The molecule has 0 saturated carbocycles. The number of piperazine rings is 1. The Labute approximate surface area is 188 Å². The Morgan fingerprint density at radius 2 is 1.72 bits per heavy atom. The minimum atomic E-state index is -2.54. The van der Waals surface area contributed by atoms with Crippen molar-refractivity contribution in [3.63, 3.8) is 0 Å². The van der Waals surface area contributed by atoms with Crippen LogP contribution in [0.2, 0.25) is 0 Å². The molecular weight excluding hydrogens is 408 g/mol. The smallest absolute Gasteiger partial charge is 0.264 e. The molecule has 5 rings (SSSR count). The number of aromatic nitrogens is 2. The van der Waals surface area contributed by atoms with E-state index in [2.05, 4.69) is 53.0 Å². The summed E-state index contributed by atoms with van der Waals surface area (Å²) >= 11 is 0. The summed E-state index contributed by atoms with van der Waals surface area (Å²) in [5.41, 5.74) is 6.06. The van der Waals surface area contributed by atoms with E-state index >= 15 is 0 Å². The SMILES string of the molecule is CC1C=C2C(=CC1N1CCCc3cc(-c4cnn(C)c4)c(C(F)F)cc31)N(C)CCN2C. The molecule has 5 nitrogen and oxygen atoms in total. The van der Waals surface area contributed by atoms with Gasteiger partial charge in [-0.05, 0) is 42.2 Å². The van der Waals surface area contributed by atoms with E-state index in [1.807, 2.05) is 19.3 Å². The average Bonchev–Trinajstić information content (AvgIpc) is 3.21. The Hall–Kier alpha value is -2.83. The average molecular weight is 440 g/mol. The molecule has 1 saturated heterocycles. The molecule has 2 unspecified atom stereocenters. The normalized spacial score (nSPS) is 23.2. The van der Waals surface area contributed by atoms with Gasteiger partial charge in [0.1, 0.15) is 0 Å². The molecule has 2 atom stereocenters. The number of nitrogens with zero attached hydrogens (tertiary/aromatic N) is 5. The summed E-state index contributed by atoms with van der Waals surface area (Å²) in [5.74, 6) is 0.293. The van der Waals surface area contributed by atoms with Crippen LogP contribution in [-0.4, -0.2) is 59.4 Å². The zero-order valence-electron chi connectivity index (χ0n) is 19.2. The van der Waals surface area contributed by atoms with Crippen molar-refractivity contribution < 1.29 is 8.78 Å². The summed E-state index contributed by atoms with van der Waals surface area (Å²) in [6.45, 7) is 5.11. The standard InChI is InChI=1S/C25H31F2N5/c1-16-10-23-24(30(3)9-8-29(23)2)13-21(16)32-7-5-6-17-11-19(18-14-28-31(4)15-18)20(25(26)27)12-22(17)32/h10-16,21,25H,5-9H2,1-4H3. The molecule has 170 valence electrons. The molecule has 0 N–H and O–H groups in total. The Morgan fingerprint density at radius 3 is 2.38 bits per heavy atom. The number of hydrogen-bond acceptors (Lipinski definition) is 4. The molecule has 1 fully saturated rings. The van der Waals surface area contributed by atoms with Gasteiger partial charge >= 0.3 is 0 Å². The first-order valence-electron chi connectivity index (χ1n) is 11.4. The summed E-state index contributed by atoms with van der Waals surface area (Å²) < 4.78 is 30.0. The van der Waals surface area contributed by atoms with Gasteiger partial charge in [0.2, 0.25) is 0 Å². The van der Waals surface area contributed by atoms with Crippen LogP contribution in [0, 0.1) is 5.92 Å². The summed E-state index contributed by atoms with van der Waals surface area (Å²) in [5, 5.41) is 4.19. The van der Waals surface area contributed by atoms with Gasteiger partial charge in [0, 0.05) is 69.7 Å². The van der Waals surface area contributed by atoms with Crippen molar-refractivity contribution in [1.29, 1.82) is 0 Å². The van der Waals surface area contributed by atoms with Crippen LogP contribution in [0.25, 0.3) is 11.1 Å². The van der Waals surface area contributed by atoms with Gasteiger partial charge in [-0.15, -0.1) is 0 Å². The van der Waals surface area contributed by atoms with Gasteiger partial charge in [-0.25, -0.2) is 8.78 Å². The van der Waals surface area contributed by atoms with E-state index in [-0.39, 0.29) is 11.6 Å². The molecule has 0 bridgehead atoms. The zero-order valence-corrected chi connectivity index (χ0v) is 19.2. The summed E-state index contributed by atoms with van der Waals surface area (Å²) in [6, 6.07) is 3.86. The topological polar surface area (TPSA) is 27.5 Å². The van der Waals surface area contributed by atoms with Gasteiger partial charge in [0.15, 0.2) is 0 Å². The third-order valence-corrected chi connectivity index (χ3v) is 7.16. The maximum atomic E-state index is 14.2. The monoisotopic (exact) mass is 439 g/mol. The Kier molecular flexibility index (Phi) is 5.22. The predicted octanol–water partition coefficient (Wildman–Crippen LogP) is 4.44. The fraction of sp³-hybridized carbons (Fsp3) is 0.480. The molecule has 0 radical (unpaired) electrons. The Bertz CT molecular complexity index is 1090. The van der Waals surface area contributed by atoms with Gasteiger partial charge in [0.05, 0.1) is 23.6 Å². The van der Waals surface area contributed by atoms with E-state index in [9.17, 15) is 8.78 Å². The van der Waals surface area contributed by atoms with Crippen LogP contribution in [-0.2, 0) is 13.5 Å². The highest BCUT2D eigenvalue weighted by molar-refractivity contribution is 5.74. The molecule has 0 spiro atoms. The molecule has 1 aromatic carbocycles. The van der Waals surface area contributed by atoms with E-state index in [1.165, 1.54) is 11.4 Å². The number of fused-ring (bicyclic) bond motifs is 2. The van der Waals surface area contributed by atoms with Crippen molar-refractivity contribution in [3.05, 3.63) is 59.2 Å². The molecular formula is C25H31F2N5. The second kappa shape index (κ2) is 7.94. The first kappa shape index (κ1) is 21.0. The molecule has 32 heavy (non-hydrogen) atoms. The third kappa shape index (κ3) is 3.48. The van der Waals surface area contributed by atoms with Crippen molar-refractivity contribution in [3.8, 4) is 11.1 Å². The largest absolute Gasteiger partial charge is 0.371 e. The van der Waals surface area contributed by atoms with E-state index < -0.39 is 6.43 Å². The number of benzene rings is 1. The van der Waals surface area contributed by atoms with Crippen LogP contribution in [0.4, 0.5) is 14.5 Å². The van der Waals surface area contributed by atoms with Gasteiger partial charge in [-0.1, -0.05) is 13.0 Å². The quantitative estimate of drug-likeness (QED) is 0.707. The fourth-order valence-electron chi connectivity index (χ4n) is 5.37. The first-order chi connectivity index (χ1) is 15.3. The minimum Gasteiger partial charge on any atom is -0.371 e. The van der Waals surface area contributed by atoms with Crippen LogP contribution >= 0.6 is 0 Å². The summed E-state index contributed by atoms with van der Waals surface area (Å²) in [4.78, 5) is 6.98. The lowest BCUT2D eigenvalue weighted by Crippen LogP contribution is -2.47. The van der Waals surface area contributed by atoms with Crippen molar-refractivity contribution in [2.45, 2.75) is 32.2 Å². The fourth-order valence-corrected chi connectivity index (χ4v) is 5.37. The van der Waals surface area contributed by atoms with Crippen molar-refractivity contribution >= 4 is 5.69 Å². The van der Waals surface area contributed by atoms with Crippen LogP contribution in [0.3, 0.4) is 0 Å². The Morgan fingerprint density at radius 1 is 1.00 bits per heavy atom. The van der Waals surface area contributed by atoms with Crippen molar-refractivity contribution in [1.82, 2.24) is 19.6 Å². The van der Waals surface area contributed by atoms with Crippen LogP contribution in [0.1, 0.15) is 30.9 Å². The van der Waals surface area contributed by atoms with Crippen LogP contribution in [0.5, 0.6) is 0 Å². The number of hydrogen-bond donors (Lipinski definition) is 0. The van der Waals surface area contributed by atoms with Gasteiger partial charge in [-0.2, -0.15) is 5.10 Å². The molecule has 1 aliphatic carbocycles. The number of halogens is 2. The lowest BCUT2D eigenvalue weighted by atomic mass is 9.87. The number of anilines is 1. The van der Waals surface area contributed by atoms with E-state index in [1.54, 1.807) is 16.9 Å². The van der Waals surface area contributed by atoms with Gasteiger partial charge < -0.3 is 14.7 Å². The number of aryl methyl sites for hydroxylation is 2. The first-order valence-corrected chi connectivity index (χ1v) is 11.4. The zero-order chi connectivity index (χ0) is 22.6. The highest BCUT2D eigenvalue weighted by atomic mass is 19.3. The van der Waals surface area contributed by atoms with Gasteiger partial charge in [0.25, 0.3) is 6.43 Å². The van der Waals surface area contributed by atoms with Gasteiger partial charge in [-0.3, -0.25) is 4.68 Å². The van der Waals surface area contributed by atoms with Crippen LogP contribution in [0.15, 0.2) is 48.1 Å². The molecule has 3 heterocycles. The molecule has 2 aromatic rings. The molecule has 7 heteroatoms. The summed E-state index contributed by atoms with van der Waals surface area (Å²) in [7, 11) is 6.09. The lowest BCUT2D eigenvalue weighted by Gasteiger charge is -2.45. The molecule has 2 aliphatic heterocycles. The minimum absolute atomic E-state index is 0.0884. The van der Waals surface area contributed by atoms with E-state index in [0.717, 1.165) is 49.3 Å². The van der Waals surface area contributed by atoms with E-state index in [4.69, 9.17) is 0 Å². The maximum absolute atomic E-state index is 14.2. The van der Waals surface area contributed by atoms with Crippen molar-refractivity contribution in [2.75, 3.05) is 38.6 Å². The number of likely N-dealkylation sites (N-methyl/N-ethyl adjacent to an activating group) is 2. The third-order valence-electron chi connectivity index (χ3n) is 7.16. The number of rotatable bonds is 3. The Balaban J connectivity index is 1.57.